The Hall–Kier alpha value is -2.71. The number of carbonyl (C=O) groups is 2. The van der Waals surface area contributed by atoms with Gasteiger partial charge in [-0.2, -0.15) is 4.31 Å². The summed E-state index contributed by atoms with van der Waals surface area (Å²) in [6.45, 7) is 0.330. The van der Waals surface area contributed by atoms with Gasteiger partial charge in [-0.1, -0.05) is 6.07 Å². The SMILES string of the molecule is O=C1CN(S(=O)(=O)c2ccc(C(=O)Nc3ccc4c(c3)CCC4)cc2)CCN1. The van der Waals surface area contributed by atoms with E-state index >= 15 is 0 Å². The molecule has 7 nitrogen and oxygen atoms in total. The predicted molar refractivity (Wildman–Crippen MR) is 105 cm³/mol. The van der Waals surface area contributed by atoms with Crippen molar-refractivity contribution in [2.75, 3.05) is 25.0 Å². The van der Waals surface area contributed by atoms with Gasteiger partial charge in [0.25, 0.3) is 5.91 Å². The zero-order valence-electron chi connectivity index (χ0n) is 15.3. The van der Waals surface area contributed by atoms with E-state index in [1.165, 1.54) is 35.4 Å². The van der Waals surface area contributed by atoms with Crippen molar-refractivity contribution in [3.05, 3.63) is 59.2 Å². The quantitative estimate of drug-likeness (QED) is 0.815. The molecule has 2 N–H and O–H groups in total. The number of fused-ring (bicyclic) bond motifs is 1. The van der Waals surface area contributed by atoms with E-state index in [9.17, 15) is 18.0 Å². The van der Waals surface area contributed by atoms with Crippen LogP contribution in [0.3, 0.4) is 0 Å². The van der Waals surface area contributed by atoms with Crippen molar-refractivity contribution in [2.24, 2.45) is 0 Å². The molecule has 1 aliphatic carbocycles. The molecular weight excluding hydrogens is 378 g/mol. The average Bonchev–Trinajstić information content (AvgIpc) is 3.16. The van der Waals surface area contributed by atoms with Crippen molar-refractivity contribution in [3.8, 4) is 0 Å². The smallest absolute Gasteiger partial charge is 0.255 e. The fraction of sp³-hybridized carbons (Fsp3) is 0.300. The Morgan fingerprint density at radius 1 is 1.04 bits per heavy atom. The predicted octanol–water partition coefficient (Wildman–Crippen LogP) is 1.55. The molecule has 2 amide bonds. The van der Waals surface area contributed by atoms with Crippen molar-refractivity contribution in [1.29, 1.82) is 0 Å². The molecule has 8 heteroatoms. The van der Waals surface area contributed by atoms with Crippen LogP contribution in [0, 0.1) is 0 Å². The van der Waals surface area contributed by atoms with E-state index < -0.39 is 10.0 Å². The van der Waals surface area contributed by atoms with E-state index in [1.54, 1.807) is 0 Å². The van der Waals surface area contributed by atoms with Crippen LogP contribution >= 0.6 is 0 Å². The number of nitrogens with zero attached hydrogens (tertiary/aromatic N) is 1. The minimum atomic E-state index is -3.76. The van der Waals surface area contributed by atoms with Crippen LogP contribution in [0.4, 0.5) is 5.69 Å². The molecule has 0 aromatic heterocycles. The first-order valence-electron chi connectivity index (χ1n) is 9.23. The molecule has 0 bridgehead atoms. The number of rotatable bonds is 4. The summed E-state index contributed by atoms with van der Waals surface area (Å²) < 4.78 is 26.5. The summed E-state index contributed by atoms with van der Waals surface area (Å²) in [5.74, 6) is -0.612. The molecule has 1 heterocycles. The van der Waals surface area contributed by atoms with Crippen molar-refractivity contribution >= 4 is 27.5 Å². The second-order valence-corrected chi connectivity index (χ2v) is 8.94. The van der Waals surface area contributed by atoms with Gasteiger partial charge in [0.2, 0.25) is 15.9 Å². The summed E-state index contributed by atoms with van der Waals surface area (Å²) >= 11 is 0. The summed E-state index contributed by atoms with van der Waals surface area (Å²) in [7, 11) is -3.76. The number of anilines is 1. The number of hydrogen-bond acceptors (Lipinski definition) is 4. The zero-order chi connectivity index (χ0) is 19.7. The summed E-state index contributed by atoms with van der Waals surface area (Å²) in [5, 5.41) is 5.46. The van der Waals surface area contributed by atoms with Gasteiger partial charge in [-0.3, -0.25) is 9.59 Å². The van der Waals surface area contributed by atoms with Gasteiger partial charge in [0.1, 0.15) is 0 Å². The Bertz CT molecular complexity index is 1030. The van der Waals surface area contributed by atoms with Crippen LogP contribution in [0.15, 0.2) is 47.4 Å². The van der Waals surface area contributed by atoms with E-state index in [4.69, 9.17) is 0 Å². The minimum absolute atomic E-state index is 0.0660. The normalized spacial score (nSPS) is 17.1. The van der Waals surface area contributed by atoms with E-state index in [-0.39, 0.29) is 29.8 Å². The van der Waals surface area contributed by atoms with Crippen LogP contribution in [0.2, 0.25) is 0 Å². The second-order valence-electron chi connectivity index (χ2n) is 7.00. The number of sulfonamides is 1. The first-order valence-corrected chi connectivity index (χ1v) is 10.7. The maximum Gasteiger partial charge on any atom is 0.255 e. The number of carbonyl (C=O) groups excluding carboxylic acids is 2. The highest BCUT2D eigenvalue weighted by Gasteiger charge is 2.29. The molecule has 1 fully saturated rings. The van der Waals surface area contributed by atoms with Gasteiger partial charge in [-0.15, -0.1) is 0 Å². The third-order valence-corrected chi connectivity index (χ3v) is 6.97. The van der Waals surface area contributed by atoms with Crippen molar-refractivity contribution in [2.45, 2.75) is 24.2 Å². The molecule has 0 atom stereocenters. The third-order valence-electron chi connectivity index (χ3n) is 5.11. The second kappa shape index (κ2) is 7.37. The highest BCUT2D eigenvalue weighted by molar-refractivity contribution is 7.89. The topological polar surface area (TPSA) is 95.6 Å². The Kier molecular flexibility index (Phi) is 4.91. The molecule has 2 aromatic carbocycles. The first kappa shape index (κ1) is 18.6. The fourth-order valence-electron chi connectivity index (χ4n) is 3.60. The summed E-state index contributed by atoms with van der Waals surface area (Å²) in [4.78, 5) is 24.0. The Morgan fingerprint density at radius 3 is 2.54 bits per heavy atom. The molecule has 0 unspecified atom stereocenters. The molecule has 28 heavy (non-hydrogen) atoms. The molecule has 2 aliphatic rings. The summed E-state index contributed by atoms with van der Waals surface area (Å²) in [5.41, 5.74) is 3.71. The van der Waals surface area contributed by atoms with Gasteiger partial charge in [0.05, 0.1) is 11.4 Å². The lowest BCUT2D eigenvalue weighted by Crippen LogP contribution is -2.49. The van der Waals surface area contributed by atoms with Crippen molar-refractivity contribution < 1.29 is 18.0 Å². The van der Waals surface area contributed by atoms with E-state index in [0.717, 1.165) is 29.3 Å². The lowest BCUT2D eigenvalue weighted by Gasteiger charge is -2.25. The van der Waals surface area contributed by atoms with Gasteiger partial charge in [-0.05, 0) is 66.8 Å². The Balaban J connectivity index is 1.48. The van der Waals surface area contributed by atoms with Gasteiger partial charge in [0.15, 0.2) is 0 Å². The molecule has 1 saturated heterocycles. The Labute approximate surface area is 163 Å². The number of hydrogen-bond donors (Lipinski definition) is 2. The monoisotopic (exact) mass is 399 g/mol. The molecule has 146 valence electrons. The molecule has 2 aromatic rings. The van der Waals surface area contributed by atoms with E-state index in [2.05, 4.69) is 10.6 Å². The van der Waals surface area contributed by atoms with Crippen LogP contribution in [-0.4, -0.2) is 44.2 Å². The maximum absolute atomic E-state index is 12.7. The van der Waals surface area contributed by atoms with Crippen LogP contribution in [0.25, 0.3) is 0 Å². The van der Waals surface area contributed by atoms with Gasteiger partial charge < -0.3 is 10.6 Å². The number of benzene rings is 2. The molecule has 0 spiro atoms. The summed E-state index contributed by atoms with van der Waals surface area (Å²) in [6, 6.07) is 11.7. The zero-order valence-corrected chi connectivity index (χ0v) is 16.1. The van der Waals surface area contributed by atoms with Crippen molar-refractivity contribution in [3.63, 3.8) is 0 Å². The maximum atomic E-state index is 12.7. The molecule has 0 radical (unpaired) electrons. The number of amides is 2. The summed E-state index contributed by atoms with van der Waals surface area (Å²) in [6.07, 6.45) is 3.25. The standard InChI is InChI=1S/C20H21N3O4S/c24-19-13-23(11-10-21-19)28(26,27)18-8-5-15(6-9-18)20(25)22-17-7-4-14-2-1-3-16(14)12-17/h4-9,12H,1-3,10-11,13H2,(H,21,24)(H,22,25). The van der Waals surface area contributed by atoms with Crippen LogP contribution < -0.4 is 10.6 Å². The van der Waals surface area contributed by atoms with Crippen LogP contribution in [0.1, 0.15) is 27.9 Å². The molecule has 1 aliphatic heterocycles. The van der Waals surface area contributed by atoms with Gasteiger partial charge in [0, 0.05) is 24.3 Å². The number of nitrogens with one attached hydrogen (secondary N) is 2. The number of piperazine rings is 1. The van der Waals surface area contributed by atoms with Gasteiger partial charge in [-0.25, -0.2) is 8.42 Å². The molecular formula is C20H21N3O4S. The highest BCUT2D eigenvalue weighted by atomic mass is 32.2. The third kappa shape index (κ3) is 3.65. The van der Waals surface area contributed by atoms with E-state index in [1.807, 2.05) is 18.2 Å². The average molecular weight is 399 g/mol. The Morgan fingerprint density at radius 2 is 1.79 bits per heavy atom. The lowest BCUT2D eigenvalue weighted by molar-refractivity contribution is -0.122. The first-order chi connectivity index (χ1) is 13.4. The number of aryl methyl sites for hydroxylation is 2. The van der Waals surface area contributed by atoms with Crippen molar-refractivity contribution in [1.82, 2.24) is 9.62 Å². The molecule has 4 rings (SSSR count). The van der Waals surface area contributed by atoms with Crippen LogP contribution in [0.5, 0.6) is 0 Å². The van der Waals surface area contributed by atoms with Crippen LogP contribution in [-0.2, 0) is 27.7 Å². The van der Waals surface area contributed by atoms with Gasteiger partial charge >= 0.3 is 0 Å². The molecule has 0 saturated carbocycles. The lowest BCUT2D eigenvalue weighted by atomic mass is 10.1. The fourth-order valence-corrected chi connectivity index (χ4v) is 5.00. The minimum Gasteiger partial charge on any atom is -0.354 e. The van der Waals surface area contributed by atoms with E-state index in [0.29, 0.717) is 12.1 Å². The highest BCUT2D eigenvalue weighted by Crippen LogP contribution is 2.25. The largest absolute Gasteiger partial charge is 0.354 e.